The summed E-state index contributed by atoms with van der Waals surface area (Å²) in [5, 5.41) is 3.63. The van der Waals surface area contributed by atoms with E-state index in [9.17, 15) is 0 Å². The Morgan fingerprint density at radius 2 is 2.00 bits per heavy atom. The van der Waals surface area contributed by atoms with Gasteiger partial charge in [-0.25, -0.2) is 0 Å². The molecule has 1 unspecified atom stereocenters. The summed E-state index contributed by atoms with van der Waals surface area (Å²) in [7, 11) is 0. The lowest BCUT2D eigenvalue weighted by Gasteiger charge is -2.34. The van der Waals surface area contributed by atoms with Crippen LogP contribution in [0.15, 0.2) is 0 Å². The highest BCUT2D eigenvalue weighted by Gasteiger charge is 2.31. The molecule has 0 aromatic heterocycles. The zero-order valence-corrected chi connectivity index (χ0v) is 8.92. The van der Waals surface area contributed by atoms with Crippen LogP contribution in [-0.4, -0.2) is 36.1 Å². The summed E-state index contributed by atoms with van der Waals surface area (Å²) in [5.74, 6) is 0. The summed E-state index contributed by atoms with van der Waals surface area (Å²) < 4.78 is 0. The SMILES string of the molecule is CC(C)NC1CCN(C2CCC2)C1. The third kappa shape index (κ3) is 2.23. The van der Waals surface area contributed by atoms with Gasteiger partial charge in [0.25, 0.3) is 0 Å². The maximum Gasteiger partial charge on any atom is 0.0209 e. The molecule has 2 heteroatoms. The van der Waals surface area contributed by atoms with Crippen LogP contribution >= 0.6 is 0 Å². The Morgan fingerprint density at radius 3 is 2.54 bits per heavy atom. The molecule has 0 aromatic rings. The number of nitrogens with zero attached hydrogens (tertiary/aromatic N) is 1. The highest BCUT2D eigenvalue weighted by molar-refractivity contribution is 4.89. The standard InChI is InChI=1S/C11H22N2/c1-9(2)12-10-6-7-13(8-10)11-4-3-5-11/h9-12H,3-8H2,1-2H3. The van der Waals surface area contributed by atoms with Crippen LogP contribution in [-0.2, 0) is 0 Å². The molecule has 0 aromatic carbocycles. The Labute approximate surface area is 81.7 Å². The van der Waals surface area contributed by atoms with Crippen molar-refractivity contribution in [1.29, 1.82) is 0 Å². The van der Waals surface area contributed by atoms with Crippen LogP contribution in [0, 0.1) is 0 Å². The molecule has 0 radical (unpaired) electrons. The molecule has 1 atom stereocenters. The maximum atomic E-state index is 3.63. The van der Waals surface area contributed by atoms with Crippen molar-refractivity contribution < 1.29 is 0 Å². The van der Waals surface area contributed by atoms with Crippen LogP contribution in [0.1, 0.15) is 39.5 Å². The van der Waals surface area contributed by atoms with E-state index in [1.807, 2.05) is 0 Å². The van der Waals surface area contributed by atoms with Crippen molar-refractivity contribution in [3.8, 4) is 0 Å². The highest BCUT2D eigenvalue weighted by atomic mass is 15.2. The molecule has 2 rings (SSSR count). The Balaban J connectivity index is 1.73. The van der Waals surface area contributed by atoms with Crippen LogP contribution in [0.2, 0.25) is 0 Å². The first-order valence-electron chi connectivity index (χ1n) is 5.76. The van der Waals surface area contributed by atoms with Gasteiger partial charge in [0.1, 0.15) is 0 Å². The van der Waals surface area contributed by atoms with E-state index in [0.29, 0.717) is 6.04 Å². The van der Waals surface area contributed by atoms with Gasteiger partial charge >= 0.3 is 0 Å². The number of rotatable bonds is 3. The fourth-order valence-corrected chi connectivity index (χ4v) is 2.48. The van der Waals surface area contributed by atoms with E-state index in [2.05, 4.69) is 24.1 Å². The highest BCUT2D eigenvalue weighted by Crippen LogP contribution is 2.27. The molecule has 13 heavy (non-hydrogen) atoms. The molecule has 1 aliphatic carbocycles. The normalized spacial score (nSPS) is 31.2. The first-order chi connectivity index (χ1) is 6.25. The average molecular weight is 182 g/mol. The monoisotopic (exact) mass is 182 g/mol. The third-order valence-corrected chi connectivity index (χ3v) is 3.38. The Hall–Kier alpha value is -0.0800. The fraction of sp³-hybridized carbons (Fsp3) is 1.00. The minimum absolute atomic E-state index is 0.645. The Kier molecular flexibility index (Phi) is 2.89. The smallest absolute Gasteiger partial charge is 0.0209 e. The van der Waals surface area contributed by atoms with Gasteiger partial charge in [0, 0.05) is 31.2 Å². The lowest BCUT2D eigenvalue weighted by atomic mass is 9.92. The minimum Gasteiger partial charge on any atom is -0.310 e. The summed E-state index contributed by atoms with van der Waals surface area (Å²) in [4.78, 5) is 2.68. The molecule has 0 amide bonds. The van der Waals surface area contributed by atoms with Crippen LogP contribution in [0.25, 0.3) is 0 Å². The van der Waals surface area contributed by atoms with Gasteiger partial charge in [0.15, 0.2) is 0 Å². The van der Waals surface area contributed by atoms with Crippen LogP contribution < -0.4 is 5.32 Å². The van der Waals surface area contributed by atoms with Gasteiger partial charge < -0.3 is 5.32 Å². The van der Waals surface area contributed by atoms with E-state index in [0.717, 1.165) is 12.1 Å². The molecule has 2 aliphatic rings. The van der Waals surface area contributed by atoms with Gasteiger partial charge in [-0.05, 0) is 19.3 Å². The largest absolute Gasteiger partial charge is 0.310 e. The van der Waals surface area contributed by atoms with Crippen molar-refractivity contribution >= 4 is 0 Å². The first-order valence-corrected chi connectivity index (χ1v) is 5.76. The topological polar surface area (TPSA) is 15.3 Å². The average Bonchev–Trinajstić information content (AvgIpc) is 2.31. The molecule has 1 saturated heterocycles. The second-order valence-corrected chi connectivity index (χ2v) is 4.89. The van der Waals surface area contributed by atoms with E-state index in [-0.39, 0.29) is 0 Å². The van der Waals surface area contributed by atoms with E-state index >= 15 is 0 Å². The van der Waals surface area contributed by atoms with E-state index in [1.54, 1.807) is 0 Å². The Bertz CT molecular complexity index is 163. The zero-order valence-electron chi connectivity index (χ0n) is 8.92. The molecule has 1 aliphatic heterocycles. The molecular formula is C11H22N2. The van der Waals surface area contributed by atoms with Crippen molar-refractivity contribution in [2.75, 3.05) is 13.1 Å². The quantitative estimate of drug-likeness (QED) is 0.713. The minimum atomic E-state index is 0.645. The van der Waals surface area contributed by atoms with Crippen molar-refractivity contribution in [2.45, 2.75) is 57.7 Å². The number of hydrogen-bond donors (Lipinski definition) is 1. The van der Waals surface area contributed by atoms with Gasteiger partial charge in [-0.15, -0.1) is 0 Å². The van der Waals surface area contributed by atoms with Crippen molar-refractivity contribution in [3.05, 3.63) is 0 Å². The Morgan fingerprint density at radius 1 is 1.23 bits per heavy atom. The molecule has 2 fully saturated rings. The van der Waals surface area contributed by atoms with E-state index in [1.165, 1.54) is 38.8 Å². The number of nitrogens with one attached hydrogen (secondary N) is 1. The predicted octanol–water partition coefficient (Wildman–Crippen LogP) is 1.61. The molecule has 0 bridgehead atoms. The van der Waals surface area contributed by atoms with Gasteiger partial charge in [0.05, 0.1) is 0 Å². The number of hydrogen-bond acceptors (Lipinski definition) is 2. The van der Waals surface area contributed by atoms with Crippen LogP contribution in [0.3, 0.4) is 0 Å². The van der Waals surface area contributed by atoms with Crippen molar-refractivity contribution in [3.63, 3.8) is 0 Å². The molecule has 0 spiro atoms. The molecule has 1 N–H and O–H groups in total. The summed E-state index contributed by atoms with van der Waals surface area (Å²) >= 11 is 0. The summed E-state index contributed by atoms with van der Waals surface area (Å²) in [6.45, 7) is 7.11. The van der Waals surface area contributed by atoms with Crippen LogP contribution in [0.5, 0.6) is 0 Å². The lowest BCUT2D eigenvalue weighted by Crippen LogP contribution is -2.42. The zero-order chi connectivity index (χ0) is 9.26. The molecule has 2 nitrogen and oxygen atoms in total. The predicted molar refractivity (Wildman–Crippen MR) is 55.9 cm³/mol. The van der Waals surface area contributed by atoms with Crippen LogP contribution in [0.4, 0.5) is 0 Å². The first kappa shape index (κ1) is 9.47. The molecule has 76 valence electrons. The summed E-state index contributed by atoms with van der Waals surface area (Å²) in [6, 6.07) is 2.35. The fourth-order valence-electron chi connectivity index (χ4n) is 2.48. The second kappa shape index (κ2) is 3.97. The van der Waals surface area contributed by atoms with E-state index in [4.69, 9.17) is 0 Å². The van der Waals surface area contributed by atoms with Gasteiger partial charge in [-0.3, -0.25) is 4.90 Å². The van der Waals surface area contributed by atoms with Gasteiger partial charge in [-0.1, -0.05) is 20.3 Å². The lowest BCUT2D eigenvalue weighted by molar-refractivity contribution is 0.155. The summed E-state index contributed by atoms with van der Waals surface area (Å²) in [6.07, 6.45) is 5.72. The van der Waals surface area contributed by atoms with Gasteiger partial charge in [0.2, 0.25) is 0 Å². The number of likely N-dealkylation sites (tertiary alicyclic amines) is 1. The molecule has 1 saturated carbocycles. The maximum absolute atomic E-state index is 3.63. The molecular weight excluding hydrogens is 160 g/mol. The van der Waals surface area contributed by atoms with Crippen molar-refractivity contribution in [1.82, 2.24) is 10.2 Å². The van der Waals surface area contributed by atoms with E-state index < -0.39 is 0 Å². The summed E-state index contributed by atoms with van der Waals surface area (Å²) in [5.41, 5.74) is 0. The second-order valence-electron chi connectivity index (χ2n) is 4.89. The van der Waals surface area contributed by atoms with Gasteiger partial charge in [-0.2, -0.15) is 0 Å². The van der Waals surface area contributed by atoms with Crippen molar-refractivity contribution in [2.24, 2.45) is 0 Å². The third-order valence-electron chi connectivity index (χ3n) is 3.38. The molecule has 1 heterocycles.